The third-order valence-corrected chi connectivity index (χ3v) is 4.43. The lowest BCUT2D eigenvalue weighted by atomic mass is 10.1. The molecular formula is C18H17N7O3S2. The van der Waals surface area contributed by atoms with Gasteiger partial charge in [-0.3, -0.25) is 10.2 Å². The van der Waals surface area contributed by atoms with Gasteiger partial charge in [-0.15, -0.1) is 0 Å². The first kappa shape index (κ1) is 21.5. The van der Waals surface area contributed by atoms with Crippen LogP contribution in [-0.2, 0) is 4.79 Å². The molecule has 2 aromatic carbocycles. The van der Waals surface area contributed by atoms with Crippen LogP contribution < -0.4 is 16.0 Å². The lowest BCUT2D eigenvalue weighted by molar-refractivity contribution is -0.991. The minimum atomic E-state index is -1.04. The van der Waals surface area contributed by atoms with E-state index < -0.39 is 17.2 Å². The minimum Gasteiger partial charge on any atom is -0.595 e. The predicted molar refractivity (Wildman–Crippen MR) is 119 cm³/mol. The van der Waals surface area contributed by atoms with Crippen LogP contribution in [0.3, 0.4) is 0 Å². The summed E-state index contributed by atoms with van der Waals surface area (Å²) in [7, 11) is 0. The number of hydrazine groups is 1. The van der Waals surface area contributed by atoms with Gasteiger partial charge in [0.05, 0.1) is 11.4 Å². The maximum absolute atomic E-state index is 12.9. The first-order valence-electron chi connectivity index (χ1n) is 8.65. The zero-order valence-corrected chi connectivity index (χ0v) is 17.3. The Labute approximate surface area is 182 Å². The summed E-state index contributed by atoms with van der Waals surface area (Å²) < 4.78 is 0. The number of hydrogen-bond acceptors (Lipinski definition) is 7. The number of nitrogens with one attached hydrogen (secondary N) is 3. The molecule has 1 heterocycles. The fourth-order valence-electron chi connectivity index (χ4n) is 2.47. The molecule has 154 valence electrons. The zero-order valence-electron chi connectivity index (χ0n) is 15.6. The molecule has 0 aromatic heterocycles. The van der Waals surface area contributed by atoms with Crippen molar-refractivity contribution in [1.29, 1.82) is 0 Å². The number of anilines is 1. The van der Waals surface area contributed by atoms with Crippen LogP contribution in [0.2, 0.25) is 0 Å². The van der Waals surface area contributed by atoms with E-state index in [4.69, 9.17) is 29.6 Å². The largest absolute Gasteiger partial charge is 0.595 e. The topological polar surface area (TPSA) is 129 Å². The van der Waals surface area contributed by atoms with E-state index in [1.807, 2.05) is 30.3 Å². The number of aliphatic imine (C=N–C) groups is 1. The van der Waals surface area contributed by atoms with Gasteiger partial charge in [-0.25, -0.2) is 10.2 Å². The maximum atomic E-state index is 12.9. The summed E-state index contributed by atoms with van der Waals surface area (Å²) >= 11 is 10.4. The van der Waals surface area contributed by atoms with Crippen molar-refractivity contribution in [1.82, 2.24) is 10.4 Å². The Bertz CT molecular complexity index is 1010. The van der Waals surface area contributed by atoms with Crippen molar-refractivity contribution < 1.29 is 15.2 Å². The van der Waals surface area contributed by atoms with Gasteiger partial charge in [0.25, 0.3) is 5.91 Å². The van der Waals surface area contributed by atoms with Gasteiger partial charge in [-0.1, -0.05) is 18.2 Å². The van der Waals surface area contributed by atoms with E-state index in [1.165, 1.54) is 24.3 Å². The summed E-state index contributed by atoms with van der Waals surface area (Å²) in [6.45, 7) is 1.62. The van der Waals surface area contributed by atoms with Crippen LogP contribution in [0, 0.1) is 5.21 Å². The summed E-state index contributed by atoms with van der Waals surface area (Å²) in [5.41, 5.74) is 4.37. The molecule has 1 unspecified atom stereocenters. The molecule has 2 aromatic rings. The number of nitrogens with zero attached hydrogens (tertiary/aromatic N) is 4. The van der Waals surface area contributed by atoms with Gasteiger partial charge in [0.15, 0.2) is 16.8 Å². The van der Waals surface area contributed by atoms with Crippen molar-refractivity contribution in [3.63, 3.8) is 0 Å². The Morgan fingerprint density at radius 3 is 2.53 bits per heavy atom. The molecule has 1 aliphatic heterocycles. The lowest BCUT2D eigenvalue weighted by Crippen LogP contribution is -2.99. The normalized spacial score (nSPS) is 17.6. The molecule has 0 fully saturated rings. The van der Waals surface area contributed by atoms with E-state index in [9.17, 15) is 10.0 Å². The molecule has 0 saturated heterocycles. The Kier molecular flexibility index (Phi) is 6.87. The van der Waals surface area contributed by atoms with Crippen molar-refractivity contribution in [2.75, 3.05) is 5.32 Å². The van der Waals surface area contributed by atoms with Crippen LogP contribution in [0.1, 0.15) is 6.92 Å². The lowest BCUT2D eigenvalue weighted by Gasteiger charge is -2.29. The van der Waals surface area contributed by atoms with Crippen LogP contribution in [0.15, 0.2) is 69.8 Å². The number of benzene rings is 2. The highest BCUT2D eigenvalue weighted by Crippen LogP contribution is 2.17. The predicted octanol–water partition coefficient (Wildman–Crippen LogP) is 2.03. The molecule has 4 N–H and O–H groups in total. The molecule has 12 heteroatoms. The van der Waals surface area contributed by atoms with Crippen LogP contribution >= 0.6 is 24.4 Å². The molecule has 30 heavy (non-hydrogen) atoms. The Morgan fingerprint density at radius 1 is 1.23 bits per heavy atom. The molecule has 3 rings (SSSR count). The van der Waals surface area contributed by atoms with E-state index in [1.54, 1.807) is 6.92 Å². The molecule has 0 spiro atoms. The number of carbonyl (C=O) groups is 1. The van der Waals surface area contributed by atoms with E-state index in [0.29, 0.717) is 11.4 Å². The third-order valence-electron chi connectivity index (χ3n) is 3.96. The fourth-order valence-corrected chi connectivity index (χ4v) is 2.96. The van der Waals surface area contributed by atoms with Gasteiger partial charge >= 0.3 is 0 Å². The molecule has 0 aliphatic carbocycles. The van der Waals surface area contributed by atoms with Crippen molar-refractivity contribution in [3.05, 3.63) is 59.8 Å². The summed E-state index contributed by atoms with van der Waals surface area (Å²) in [6, 6.07) is 14.0. The van der Waals surface area contributed by atoms with Crippen molar-refractivity contribution >= 4 is 63.3 Å². The van der Waals surface area contributed by atoms with Crippen LogP contribution in [-0.4, -0.2) is 38.1 Å². The van der Waals surface area contributed by atoms with E-state index >= 15 is 0 Å². The van der Waals surface area contributed by atoms with E-state index in [2.05, 4.69) is 26.0 Å². The number of hydrogen-bond donors (Lipinski definition) is 4. The van der Waals surface area contributed by atoms with E-state index in [0.717, 1.165) is 10.7 Å². The number of thiocarbonyl (C=S) groups is 2. The highest BCUT2D eigenvalue weighted by atomic mass is 32.1. The van der Waals surface area contributed by atoms with Crippen LogP contribution in [0.25, 0.3) is 0 Å². The highest BCUT2D eigenvalue weighted by Gasteiger charge is 2.34. The van der Waals surface area contributed by atoms with Gasteiger partial charge in [0, 0.05) is 17.8 Å². The van der Waals surface area contributed by atoms with Gasteiger partial charge in [-0.2, -0.15) is 20.5 Å². The first-order chi connectivity index (χ1) is 14.3. The average Bonchev–Trinajstić information content (AvgIpc) is 2.72. The minimum absolute atomic E-state index is 0.00646. The summed E-state index contributed by atoms with van der Waals surface area (Å²) in [5.74, 6) is -0.490. The second-order valence-electron chi connectivity index (χ2n) is 6.11. The van der Waals surface area contributed by atoms with E-state index in [-0.39, 0.29) is 15.9 Å². The smallest absolute Gasteiger partial charge is 0.280 e. The molecule has 10 nitrogen and oxygen atoms in total. The van der Waals surface area contributed by atoms with Gasteiger partial charge < -0.3 is 10.5 Å². The van der Waals surface area contributed by atoms with Crippen LogP contribution in [0.5, 0.6) is 0 Å². The molecule has 0 saturated carbocycles. The summed E-state index contributed by atoms with van der Waals surface area (Å²) in [6.07, 6.45) is 0. The molecule has 1 amide bonds. The molecule has 0 bridgehead atoms. The zero-order chi connectivity index (χ0) is 21.7. The van der Waals surface area contributed by atoms with Gasteiger partial charge in [0.1, 0.15) is 0 Å². The molecule has 2 atom stereocenters. The molecule has 1 aliphatic rings. The Morgan fingerprint density at radius 2 is 1.90 bits per heavy atom. The van der Waals surface area contributed by atoms with Gasteiger partial charge in [0.2, 0.25) is 5.11 Å². The number of carbonyl (C=O) groups excluding carboxylic acids is 1. The SMILES string of the molecule is CC1=NC(=S)N(NC(=S)Nc2ccccc2)C(=O)[C@@H]1N=Nc1ccc([NH+]([O-])O)cc1. The van der Waals surface area contributed by atoms with Crippen molar-refractivity contribution in [3.8, 4) is 0 Å². The highest BCUT2D eigenvalue weighted by molar-refractivity contribution is 7.80. The summed E-state index contributed by atoms with van der Waals surface area (Å²) in [5, 5.41) is 31.0. The fraction of sp³-hybridized carbons (Fsp3) is 0.111. The van der Waals surface area contributed by atoms with Gasteiger partial charge in [-0.05, 0) is 55.6 Å². The van der Waals surface area contributed by atoms with Crippen molar-refractivity contribution in [2.45, 2.75) is 13.0 Å². The standard InChI is InChI=1S/C18H17N7O3S2/c1-11-15(22-21-13-7-9-14(10-8-13)25(27)28)16(26)24(18(30)19-11)23-17(29)20-12-5-3-2-4-6-12/h2-10,15,25,27H,1H3,(H2,20,23,29)/t15-/m1/s1. The number of amides is 1. The van der Waals surface area contributed by atoms with Crippen molar-refractivity contribution in [2.24, 2.45) is 15.2 Å². The Balaban J connectivity index is 1.71. The Hall–Kier alpha value is -3.16. The second kappa shape index (κ2) is 9.56. The monoisotopic (exact) mass is 443 g/mol. The quantitative estimate of drug-likeness (QED) is 0.316. The third kappa shape index (κ3) is 5.25. The maximum Gasteiger partial charge on any atom is 0.280 e. The average molecular weight is 444 g/mol. The van der Waals surface area contributed by atoms with Crippen LogP contribution in [0.4, 0.5) is 17.1 Å². The first-order valence-corrected chi connectivity index (χ1v) is 9.47. The number of rotatable bonds is 5. The second-order valence-corrected chi connectivity index (χ2v) is 6.88. The number of azo groups is 1. The summed E-state index contributed by atoms with van der Waals surface area (Å²) in [4.78, 5) is 17.1. The number of quaternary nitrogens is 1. The number of para-hydroxylation sites is 1. The molecule has 0 radical (unpaired) electrons. The molecular weight excluding hydrogens is 426 g/mol.